The second-order valence-corrected chi connectivity index (χ2v) is 6.46. The Morgan fingerprint density at radius 3 is 2.00 bits per heavy atom. The van der Waals surface area contributed by atoms with Crippen molar-refractivity contribution in [3.63, 3.8) is 0 Å². The van der Waals surface area contributed by atoms with E-state index in [9.17, 15) is 13.6 Å². The van der Waals surface area contributed by atoms with Gasteiger partial charge in [0, 0.05) is 17.1 Å². The molecule has 1 amide bonds. The van der Waals surface area contributed by atoms with E-state index in [-0.39, 0.29) is 11.4 Å². The van der Waals surface area contributed by atoms with Crippen LogP contribution in [0, 0.1) is 18.6 Å². The molecule has 0 aromatic heterocycles. The van der Waals surface area contributed by atoms with Crippen LogP contribution < -0.4 is 16.0 Å². The lowest BCUT2D eigenvalue weighted by molar-refractivity contribution is 0.102. The standard InChI is InChI=1S/C21H17F2N3OS/c1-13-6-7-16(12-19(13)23)26-21(28)25-15-10-8-14(9-11-15)24-20(27)17-4-2-3-5-18(17)22/h2-12H,1H3,(H,24,27)(H2,25,26,28). The van der Waals surface area contributed by atoms with Crippen LogP contribution in [0.5, 0.6) is 0 Å². The van der Waals surface area contributed by atoms with Crippen LogP contribution in [0.2, 0.25) is 0 Å². The number of nitrogens with one attached hydrogen (secondary N) is 3. The highest BCUT2D eigenvalue weighted by atomic mass is 32.1. The van der Waals surface area contributed by atoms with Gasteiger partial charge >= 0.3 is 0 Å². The number of halogens is 2. The Balaban J connectivity index is 1.59. The maximum Gasteiger partial charge on any atom is 0.258 e. The summed E-state index contributed by atoms with van der Waals surface area (Å²) >= 11 is 5.22. The van der Waals surface area contributed by atoms with Crippen molar-refractivity contribution < 1.29 is 13.6 Å². The number of carbonyl (C=O) groups is 1. The molecule has 3 rings (SSSR count). The first-order valence-electron chi connectivity index (χ1n) is 8.42. The van der Waals surface area contributed by atoms with E-state index < -0.39 is 11.7 Å². The monoisotopic (exact) mass is 397 g/mol. The lowest BCUT2D eigenvalue weighted by atomic mass is 10.2. The molecule has 0 saturated carbocycles. The number of carbonyl (C=O) groups excluding carboxylic acids is 1. The first-order valence-corrected chi connectivity index (χ1v) is 8.83. The van der Waals surface area contributed by atoms with E-state index in [1.54, 1.807) is 49.4 Å². The molecule has 0 saturated heterocycles. The van der Waals surface area contributed by atoms with Crippen LogP contribution in [0.3, 0.4) is 0 Å². The Morgan fingerprint density at radius 1 is 0.786 bits per heavy atom. The molecule has 3 N–H and O–H groups in total. The molecule has 0 fully saturated rings. The van der Waals surface area contributed by atoms with Crippen molar-refractivity contribution in [1.82, 2.24) is 0 Å². The molecular weight excluding hydrogens is 380 g/mol. The number of amides is 1. The van der Waals surface area contributed by atoms with Gasteiger partial charge in [-0.1, -0.05) is 18.2 Å². The van der Waals surface area contributed by atoms with Crippen molar-refractivity contribution in [3.05, 3.63) is 89.5 Å². The number of rotatable bonds is 4. The van der Waals surface area contributed by atoms with Crippen molar-refractivity contribution in [2.75, 3.05) is 16.0 Å². The second-order valence-electron chi connectivity index (χ2n) is 6.05. The minimum Gasteiger partial charge on any atom is -0.332 e. The van der Waals surface area contributed by atoms with E-state index in [0.717, 1.165) is 0 Å². The van der Waals surface area contributed by atoms with E-state index in [4.69, 9.17) is 12.2 Å². The molecule has 7 heteroatoms. The molecule has 3 aromatic rings. The van der Waals surface area contributed by atoms with Gasteiger partial charge < -0.3 is 16.0 Å². The van der Waals surface area contributed by atoms with Gasteiger partial charge in [-0.2, -0.15) is 0 Å². The van der Waals surface area contributed by atoms with E-state index in [2.05, 4.69) is 16.0 Å². The smallest absolute Gasteiger partial charge is 0.258 e. The Hall–Kier alpha value is -3.32. The van der Waals surface area contributed by atoms with Gasteiger partial charge in [-0.15, -0.1) is 0 Å². The molecule has 0 aliphatic rings. The van der Waals surface area contributed by atoms with Crippen LogP contribution >= 0.6 is 12.2 Å². The van der Waals surface area contributed by atoms with Gasteiger partial charge in [0.25, 0.3) is 5.91 Å². The summed E-state index contributed by atoms with van der Waals surface area (Å²) in [5.41, 5.74) is 2.25. The minimum atomic E-state index is -0.581. The van der Waals surface area contributed by atoms with E-state index in [1.807, 2.05) is 0 Å². The number of hydrogen-bond acceptors (Lipinski definition) is 2. The molecule has 0 unspecified atom stereocenters. The van der Waals surface area contributed by atoms with E-state index >= 15 is 0 Å². The van der Waals surface area contributed by atoms with Crippen LogP contribution in [0.4, 0.5) is 25.8 Å². The van der Waals surface area contributed by atoms with Crippen molar-refractivity contribution in [3.8, 4) is 0 Å². The molecule has 0 heterocycles. The summed E-state index contributed by atoms with van der Waals surface area (Å²) in [5, 5.41) is 8.80. The number of aryl methyl sites for hydroxylation is 1. The Labute approximate surface area is 166 Å². The zero-order valence-corrected chi connectivity index (χ0v) is 15.7. The minimum absolute atomic E-state index is 0.0274. The zero-order chi connectivity index (χ0) is 20.1. The van der Waals surface area contributed by atoms with Crippen molar-refractivity contribution in [2.45, 2.75) is 6.92 Å². The summed E-state index contributed by atoms with van der Waals surface area (Å²) < 4.78 is 27.3. The third kappa shape index (κ3) is 4.89. The maximum absolute atomic E-state index is 13.7. The fourth-order valence-corrected chi connectivity index (χ4v) is 2.68. The predicted molar refractivity (Wildman–Crippen MR) is 112 cm³/mol. The van der Waals surface area contributed by atoms with Gasteiger partial charge in [0.2, 0.25) is 0 Å². The van der Waals surface area contributed by atoms with Crippen LogP contribution in [-0.4, -0.2) is 11.0 Å². The molecule has 3 aromatic carbocycles. The summed E-state index contributed by atoms with van der Waals surface area (Å²) in [6.45, 7) is 1.68. The van der Waals surface area contributed by atoms with Gasteiger partial charge in [0.15, 0.2) is 5.11 Å². The largest absolute Gasteiger partial charge is 0.332 e. The predicted octanol–water partition coefficient (Wildman–Crippen LogP) is 5.33. The summed E-state index contributed by atoms with van der Waals surface area (Å²) in [4.78, 5) is 12.1. The summed E-state index contributed by atoms with van der Waals surface area (Å²) in [7, 11) is 0. The second kappa shape index (κ2) is 8.58. The van der Waals surface area contributed by atoms with Crippen molar-refractivity contribution in [2.24, 2.45) is 0 Å². The van der Waals surface area contributed by atoms with E-state index in [0.29, 0.717) is 27.7 Å². The highest BCUT2D eigenvalue weighted by Gasteiger charge is 2.11. The quantitative estimate of drug-likeness (QED) is 0.521. The Morgan fingerprint density at radius 2 is 1.36 bits per heavy atom. The lowest BCUT2D eigenvalue weighted by Crippen LogP contribution is -2.19. The fourth-order valence-electron chi connectivity index (χ4n) is 2.44. The van der Waals surface area contributed by atoms with Crippen molar-refractivity contribution in [1.29, 1.82) is 0 Å². The third-order valence-corrected chi connectivity index (χ3v) is 4.15. The molecule has 0 aliphatic carbocycles. The average Bonchev–Trinajstić information content (AvgIpc) is 2.66. The first-order chi connectivity index (χ1) is 13.4. The van der Waals surface area contributed by atoms with Crippen LogP contribution in [0.15, 0.2) is 66.7 Å². The molecular formula is C21H17F2N3OS. The average molecular weight is 397 g/mol. The number of benzene rings is 3. The van der Waals surface area contributed by atoms with Gasteiger partial charge in [-0.3, -0.25) is 4.79 Å². The van der Waals surface area contributed by atoms with Gasteiger partial charge in [-0.25, -0.2) is 8.78 Å². The van der Waals surface area contributed by atoms with Crippen molar-refractivity contribution >= 4 is 40.3 Å². The topological polar surface area (TPSA) is 53.2 Å². The lowest BCUT2D eigenvalue weighted by Gasteiger charge is -2.12. The van der Waals surface area contributed by atoms with E-state index in [1.165, 1.54) is 24.3 Å². The fraction of sp³-hybridized carbons (Fsp3) is 0.0476. The number of hydrogen-bond donors (Lipinski definition) is 3. The first kappa shape index (κ1) is 19.4. The molecule has 4 nitrogen and oxygen atoms in total. The zero-order valence-electron chi connectivity index (χ0n) is 14.9. The highest BCUT2D eigenvalue weighted by molar-refractivity contribution is 7.80. The summed E-state index contributed by atoms with van der Waals surface area (Å²) in [6.07, 6.45) is 0. The molecule has 0 spiro atoms. The normalized spacial score (nSPS) is 10.2. The molecule has 0 radical (unpaired) electrons. The van der Waals surface area contributed by atoms with Gasteiger partial charge in [-0.05, 0) is 73.2 Å². The summed E-state index contributed by atoms with van der Waals surface area (Å²) in [6, 6.07) is 17.3. The Bertz CT molecular complexity index is 1020. The molecule has 142 valence electrons. The third-order valence-electron chi connectivity index (χ3n) is 3.95. The Kier molecular flexibility index (Phi) is 5.96. The molecule has 0 aliphatic heterocycles. The van der Waals surface area contributed by atoms with Crippen LogP contribution in [-0.2, 0) is 0 Å². The number of anilines is 3. The maximum atomic E-state index is 13.7. The molecule has 28 heavy (non-hydrogen) atoms. The highest BCUT2D eigenvalue weighted by Crippen LogP contribution is 2.17. The van der Waals surface area contributed by atoms with Crippen LogP contribution in [0.25, 0.3) is 0 Å². The SMILES string of the molecule is Cc1ccc(NC(=S)Nc2ccc(NC(=O)c3ccccc3F)cc2)cc1F. The molecule has 0 atom stereocenters. The summed E-state index contributed by atoms with van der Waals surface area (Å²) in [5.74, 6) is -1.43. The molecule has 0 bridgehead atoms. The van der Waals surface area contributed by atoms with Gasteiger partial charge in [0.05, 0.1) is 5.56 Å². The van der Waals surface area contributed by atoms with Crippen LogP contribution in [0.1, 0.15) is 15.9 Å². The van der Waals surface area contributed by atoms with Gasteiger partial charge in [0.1, 0.15) is 11.6 Å². The number of thiocarbonyl (C=S) groups is 1.